The van der Waals surface area contributed by atoms with Gasteiger partial charge in [-0.15, -0.1) is 0 Å². The van der Waals surface area contributed by atoms with Gasteiger partial charge in [0, 0.05) is 12.6 Å². The summed E-state index contributed by atoms with van der Waals surface area (Å²) in [6, 6.07) is 0.205. The van der Waals surface area contributed by atoms with E-state index in [0.29, 0.717) is 12.1 Å². The topological polar surface area (TPSA) is 50.4 Å². The molecule has 1 rings (SSSR count). The number of carbonyl (C=O) groups excluding carboxylic acids is 1. The van der Waals surface area contributed by atoms with Crippen LogP contribution >= 0.6 is 0 Å². The molecule has 0 radical (unpaired) electrons. The van der Waals surface area contributed by atoms with Crippen LogP contribution in [0, 0.1) is 0 Å². The highest BCUT2D eigenvalue weighted by Crippen LogP contribution is 2.23. The third kappa shape index (κ3) is 2.96. The van der Waals surface area contributed by atoms with Gasteiger partial charge in [-0.1, -0.05) is 0 Å². The summed E-state index contributed by atoms with van der Waals surface area (Å²) in [5, 5.41) is 5.89. The highest BCUT2D eigenvalue weighted by molar-refractivity contribution is 5.81. The molecule has 4 nitrogen and oxygen atoms in total. The van der Waals surface area contributed by atoms with Crippen molar-refractivity contribution in [1.82, 2.24) is 10.6 Å². The molecule has 0 aliphatic heterocycles. The lowest BCUT2D eigenvalue weighted by Crippen LogP contribution is -2.52. The molecule has 1 amide bonds. The number of rotatable bonds is 5. The van der Waals surface area contributed by atoms with Gasteiger partial charge in [-0.3, -0.25) is 4.79 Å². The number of ether oxygens (including phenoxy) is 1. The largest absolute Gasteiger partial charge is 0.378 e. The summed E-state index contributed by atoms with van der Waals surface area (Å²) in [6.45, 7) is 4.61. The minimum atomic E-state index is -0.110. The molecular formula is C10H20N2O2. The molecule has 82 valence electrons. The number of hydrogen-bond donors (Lipinski definition) is 2. The highest BCUT2D eigenvalue weighted by Gasteiger charge is 2.31. The first-order chi connectivity index (χ1) is 6.67. The minimum Gasteiger partial charge on any atom is -0.378 e. The predicted octanol–water partition coefficient (Wildman–Crippen LogP) is 0.278. The van der Waals surface area contributed by atoms with Crippen molar-refractivity contribution in [3.05, 3.63) is 0 Å². The average Bonchev–Trinajstić information content (AvgIpc) is 2.13. The van der Waals surface area contributed by atoms with Crippen molar-refractivity contribution in [2.45, 2.75) is 44.9 Å². The maximum absolute atomic E-state index is 11.4. The second-order valence-corrected chi connectivity index (χ2v) is 3.76. The number of amides is 1. The molecule has 1 aliphatic rings. The van der Waals surface area contributed by atoms with E-state index in [1.54, 1.807) is 7.05 Å². The molecule has 1 aliphatic carbocycles. The summed E-state index contributed by atoms with van der Waals surface area (Å²) in [6.07, 6.45) is 2.27. The molecule has 0 saturated heterocycles. The van der Waals surface area contributed by atoms with Crippen molar-refractivity contribution in [3.63, 3.8) is 0 Å². The lowest BCUT2D eigenvalue weighted by atomic mass is 9.89. The molecule has 14 heavy (non-hydrogen) atoms. The van der Waals surface area contributed by atoms with E-state index in [1.165, 1.54) is 0 Å². The maximum Gasteiger partial charge on any atom is 0.237 e. The molecule has 0 spiro atoms. The zero-order chi connectivity index (χ0) is 10.6. The lowest BCUT2D eigenvalue weighted by Gasteiger charge is -2.35. The van der Waals surface area contributed by atoms with Gasteiger partial charge in [0.2, 0.25) is 5.91 Å². The van der Waals surface area contributed by atoms with Gasteiger partial charge in [-0.05, 0) is 33.7 Å². The smallest absolute Gasteiger partial charge is 0.237 e. The van der Waals surface area contributed by atoms with Crippen molar-refractivity contribution in [2.24, 2.45) is 0 Å². The van der Waals surface area contributed by atoms with Gasteiger partial charge in [-0.2, -0.15) is 0 Å². The van der Waals surface area contributed by atoms with Crippen molar-refractivity contribution in [3.8, 4) is 0 Å². The Morgan fingerprint density at radius 3 is 2.71 bits per heavy atom. The third-order valence-electron chi connectivity index (χ3n) is 2.67. The van der Waals surface area contributed by atoms with Gasteiger partial charge in [0.05, 0.1) is 12.1 Å². The zero-order valence-electron chi connectivity index (χ0n) is 9.17. The van der Waals surface area contributed by atoms with E-state index in [2.05, 4.69) is 10.6 Å². The van der Waals surface area contributed by atoms with E-state index in [-0.39, 0.29) is 11.9 Å². The van der Waals surface area contributed by atoms with Crippen LogP contribution in [0.1, 0.15) is 26.7 Å². The summed E-state index contributed by atoms with van der Waals surface area (Å²) in [5.41, 5.74) is 0. The minimum absolute atomic E-state index is 0.0763. The normalized spacial score (nSPS) is 27.9. The van der Waals surface area contributed by atoms with Crippen molar-refractivity contribution < 1.29 is 9.53 Å². The van der Waals surface area contributed by atoms with Crippen LogP contribution in [0.15, 0.2) is 0 Å². The van der Waals surface area contributed by atoms with Gasteiger partial charge in [0.1, 0.15) is 0 Å². The van der Waals surface area contributed by atoms with Gasteiger partial charge in [-0.25, -0.2) is 0 Å². The molecule has 1 atom stereocenters. The van der Waals surface area contributed by atoms with E-state index in [0.717, 1.165) is 19.4 Å². The Hall–Kier alpha value is -0.610. The van der Waals surface area contributed by atoms with Crippen LogP contribution in [0.25, 0.3) is 0 Å². The van der Waals surface area contributed by atoms with Crippen LogP contribution in [-0.2, 0) is 9.53 Å². The van der Waals surface area contributed by atoms with E-state index in [1.807, 2.05) is 13.8 Å². The fourth-order valence-electron chi connectivity index (χ4n) is 1.51. The number of likely N-dealkylation sites (N-methyl/N-ethyl adjacent to an activating group) is 1. The Morgan fingerprint density at radius 1 is 1.57 bits per heavy atom. The molecule has 4 heteroatoms. The Balaban J connectivity index is 2.13. The maximum atomic E-state index is 11.4. The van der Waals surface area contributed by atoms with E-state index in [4.69, 9.17) is 4.74 Å². The summed E-state index contributed by atoms with van der Waals surface area (Å²) in [5.74, 6) is 0.0763. The van der Waals surface area contributed by atoms with Crippen molar-refractivity contribution in [2.75, 3.05) is 13.7 Å². The fourth-order valence-corrected chi connectivity index (χ4v) is 1.51. The van der Waals surface area contributed by atoms with E-state index < -0.39 is 0 Å². The number of carbonyl (C=O) groups is 1. The lowest BCUT2D eigenvalue weighted by molar-refractivity contribution is -0.125. The molecule has 0 heterocycles. The summed E-state index contributed by atoms with van der Waals surface area (Å²) >= 11 is 0. The van der Waals surface area contributed by atoms with Gasteiger partial charge in [0.25, 0.3) is 0 Å². The Bertz CT molecular complexity index is 191. The average molecular weight is 200 g/mol. The predicted molar refractivity (Wildman–Crippen MR) is 55.1 cm³/mol. The molecule has 2 N–H and O–H groups in total. The second kappa shape index (κ2) is 5.32. The molecule has 0 aromatic heterocycles. The van der Waals surface area contributed by atoms with E-state index in [9.17, 15) is 4.79 Å². The van der Waals surface area contributed by atoms with Crippen molar-refractivity contribution in [1.29, 1.82) is 0 Å². The number of hydrogen-bond acceptors (Lipinski definition) is 3. The summed E-state index contributed by atoms with van der Waals surface area (Å²) < 4.78 is 5.41. The Morgan fingerprint density at radius 2 is 2.21 bits per heavy atom. The molecule has 0 aromatic carbocycles. The van der Waals surface area contributed by atoms with Gasteiger partial charge < -0.3 is 15.4 Å². The van der Waals surface area contributed by atoms with Gasteiger partial charge >= 0.3 is 0 Å². The van der Waals surface area contributed by atoms with Crippen LogP contribution < -0.4 is 10.6 Å². The van der Waals surface area contributed by atoms with Gasteiger partial charge in [0.15, 0.2) is 0 Å². The van der Waals surface area contributed by atoms with E-state index >= 15 is 0 Å². The second-order valence-electron chi connectivity index (χ2n) is 3.76. The molecule has 1 unspecified atom stereocenters. The van der Waals surface area contributed by atoms with Crippen molar-refractivity contribution >= 4 is 5.91 Å². The quantitative estimate of drug-likeness (QED) is 0.670. The first kappa shape index (κ1) is 11.5. The fraction of sp³-hybridized carbons (Fsp3) is 0.900. The van der Waals surface area contributed by atoms with Crippen LogP contribution in [0.4, 0.5) is 0 Å². The molecule has 0 aromatic rings. The molecular weight excluding hydrogens is 180 g/mol. The summed E-state index contributed by atoms with van der Waals surface area (Å²) in [7, 11) is 1.79. The van der Waals surface area contributed by atoms with Crippen LogP contribution in [0.5, 0.6) is 0 Å². The van der Waals surface area contributed by atoms with Crippen LogP contribution in [0.2, 0.25) is 0 Å². The third-order valence-corrected chi connectivity index (χ3v) is 2.67. The monoisotopic (exact) mass is 200 g/mol. The summed E-state index contributed by atoms with van der Waals surface area (Å²) in [4.78, 5) is 11.4. The van der Waals surface area contributed by atoms with Crippen LogP contribution in [0.3, 0.4) is 0 Å². The van der Waals surface area contributed by atoms with Crippen LogP contribution in [-0.4, -0.2) is 37.7 Å². The molecule has 1 saturated carbocycles. The Kier molecular flexibility index (Phi) is 4.35. The number of nitrogens with one attached hydrogen (secondary N) is 2. The SMILES string of the molecule is CCOC1CC(NC(=O)C(C)NC)C1. The first-order valence-electron chi connectivity index (χ1n) is 5.26. The standard InChI is InChI=1S/C10H20N2O2/c1-4-14-9-5-8(6-9)12-10(13)7(2)11-3/h7-9,11H,4-6H2,1-3H3,(H,12,13). The molecule has 0 bridgehead atoms. The first-order valence-corrected chi connectivity index (χ1v) is 5.26. The molecule has 1 fully saturated rings. The zero-order valence-corrected chi connectivity index (χ0v) is 9.17. The Labute approximate surface area is 85.4 Å². The highest BCUT2D eigenvalue weighted by atomic mass is 16.5.